The summed E-state index contributed by atoms with van der Waals surface area (Å²) in [5.41, 5.74) is 1.51. The smallest absolute Gasteiger partial charge is 0.294 e. The highest BCUT2D eigenvalue weighted by atomic mass is 32.2. The maximum absolute atomic E-state index is 13.2. The number of nitrogens with one attached hydrogen (secondary N) is 3. The number of Topliss-reactive ketones (excluding diaryl/α,β-unsaturated/α-hetero) is 1. The molecule has 0 saturated carbocycles. The predicted molar refractivity (Wildman–Crippen MR) is 145 cm³/mol. The first kappa shape index (κ1) is 28.8. The number of thioether (sulfide) groups is 1. The summed E-state index contributed by atoms with van der Waals surface area (Å²) in [6.45, 7) is 7.02. The van der Waals surface area contributed by atoms with E-state index in [0.717, 1.165) is 5.56 Å². The lowest BCUT2D eigenvalue weighted by Crippen LogP contribution is -2.40. The fraction of sp³-hybridized carbons (Fsp3) is 0.440. The molecule has 1 aromatic carbocycles. The molecule has 10 nitrogen and oxygen atoms in total. The Hall–Kier alpha value is -3.47. The SMILES string of the molecule is CCC(C(=O)NCC(=O)CSCc1ccccc1)n1cc(C(C)C)nc(NC/C(=N/[OH2+])C(C)=N)c1=O. The summed E-state index contributed by atoms with van der Waals surface area (Å²) in [5.74, 6) is 0.465. The van der Waals surface area contributed by atoms with Crippen LogP contribution in [-0.4, -0.2) is 56.7 Å². The zero-order valence-corrected chi connectivity index (χ0v) is 21.9. The molecule has 0 aliphatic carbocycles. The number of aromatic nitrogens is 2. The van der Waals surface area contributed by atoms with Crippen LogP contribution in [0.2, 0.25) is 0 Å². The lowest BCUT2D eigenvalue weighted by atomic mass is 10.1. The highest BCUT2D eigenvalue weighted by Gasteiger charge is 2.23. The van der Waals surface area contributed by atoms with Gasteiger partial charge in [-0.2, -0.15) is 0 Å². The summed E-state index contributed by atoms with van der Waals surface area (Å²) >= 11 is 1.49. The molecule has 194 valence electrons. The Morgan fingerprint density at radius 2 is 1.92 bits per heavy atom. The van der Waals surface area contributed by atoms with Gasteiger partial charge in [0.15, 0.2) is 17.3 Å². The van der Waals surface area contributed by atoms with Crippen molar-refractivity contribution in [1.29, 1.82) is 5.41 Å². The van der Waals surface area contributed by atoms with Crippen molar-refractivity contribution in [1.82, 2.24) is 14.9 Å². The first-order chi connectivity index (χ1) is 17.2. The van der Waals surface area contributed by atoms with E-state index in [2.05, 4.69) is 20.8 Å². The standard InChI is InChI=1S/C25H34N6O4S/c1-5-22(24(33)28-11-19(32)15-36-14-18-9-7-6-8-10-18)31-13-21(16(2)3)29-23(25(31)34)27-12-20(30-35)17(4)26/h6-10,13,16,22,26,35H,5,11-12,14-15H2,1-4H3,(H,27,29)(H,28,33)/p+1/b26-17?,30-20-. The second-order valence-corrected chi connectivity index (χ2v) is 9.56. The number of hydrogen-bond donors (Lipinski definition) is 3. The van der Waals surface area contributed by atoms with Crippen molar-refractivity contribution in [2.24, 2.45) is 5.16 Å². The van der Waals surface area contributed by atoms with E-state index in [-0.39, 0.29) is 47.8 Å². The average Bonchev–Trinajstić information content (AvgIpc) is 2.85. The molecule has 1 aromatic heterocycles. The molecule has 0 aliphatic rings. The molecule has 2 rings (SSSR count). The molecule has 0 fully saturated rings. The van der Waals surface area contributed by atoms with Gasteiger partial charge in [0.25, 0.3) is 5.56 Å². The third kappa shape index (κ3) is 8.33. The molecule has 2 aromatic rings. The van der Waals surface area contributed by atoms with Gasteiger partial charge < -0.3 is 21.3 Å². The summed E-state index contributed by atoms with van der Waals surface area (Å²) in [6, 6.07) is 9.02. The van der Waals surface area contributed by atoms with E-state index < -0.39 is 17.5 Å². The molecule has 5 N–H and O–H groups in total. The predicted octanol–water partition coefficient (Wildman–Crippen LogP) is 2.47. The van der Waals surface area contributed by atoms with E-state index in [4.69, 9.17) is 10.6 Å². The van der Waals surface area contributed by atoms with Gasteiger partial charge in [0.1, 0.15) is 6.04 Å². The summed E-state index contributed by atoms with van der Waals surface area (Å²) in [4.78, 5) is 42.9. The zero-order chi connectivity index (χ0) is 26.7. The van der Waals surface area contributed by atoms with Crippen molar-refractivity contribution in [3.05, 3.63) is 58.1 Å². The Bertz CT molecular complexity index is 1150. The van der Waals surface area contributed by atoms with E-state index in [0.29, 0.717) is 17.9 Å². The number of anilines is 1. The maximum Gasteiger partial charge on any atom is 0.294 e. The highest BCUT2D eigenvalue weighted by molar-refractivity contribution is 7.99. The fourth-order valence-corrected chi connectivity index (χ4v) is 4.16. The van der Waals surface area contributed by atoms with Crippen LogP contribution in [0.5, 0.6) is 0 Å². The van der Waals surface area contributed by atoms with Gasteiger partial charge in [0, 0.05) is 11.9 Å². The van der Waals surface area contributed by atoms with Gasteiger partial charge >= 0.3 is 0 Å². The number of rotatable bonds is 14. The molecule has 11 heteroatoms. The summed E-state index contributed by atoms with van der Waals surface area (Å²) < 4.78 is 1.34. The van der Waals surface area contributed by atoms with Crippen LogP contribution in [0.4, 0.5) is 5.82 Å². The lowest BCUT2D eigenvalue weighted by Gasteiger charge is -2.20. The van der Waals surface area contributed by atoms with E-state index >= 15 is 0 Å². The van der Waals surface area contributed by atoms with Gasteiger partial charge in [-0.1, -0.05) is 51.1 Å². The molecule has 1 atom stereocenters. The summed E-state index contributed by atoms with van der Waals surface area (Å²) in [6.07, 6.45) is 1.91. The number of carbonyl (C=O) groups excluding carboxylic acids is 2. The normalized spacial score (nSPS) is 12.3. The van der Waals surface area contributed by atoms with Crippen molar-refractivity contribution in [2.45, 2.75) is 51.8 Å². The van der Waals surface area contributed by atoms with Crippen LogP contribution < -0.4 is 16.2 Å². The third-order valence-electron chi connectivity index (χ3n) is 5.39. The second kappa shape index (κ2) is 14.2. The minimum Gasteiger partial charge on any atom is -0.469 e. The van der Waals surface area contributed by atoms with E-state index in [9.17, 15) is 14.4 Å². The van der Waals surface area contributed by atoms with Crippen molar-refractivity contribution >= 4 is 40.7 Å². The van der Waals surface area contributed by atoms with Gasteiger partial charge in [-0.3, -0.25) is 19.0 Å². The van der Waals surface area contributed by atoms with Crippen LogP contribution in [0.1, 0.15) is 57.3 Å². The van der Waals surface area contributed by atoms with Crippen molar-refractivity contribution < 1.29 is 14.8 Å². The Balaban J connectivity index is 2.10. The molecular weight excluding hydrogens is 480 g/mol. The van der Waals surface area contributed by atoms with Gasteiger partial charge in [0.2, 0.25) is 5.91 Å². The molecule has 1 heterocycles. The average molecular weight is 516 g/mol. The number of nitrogens with zero attached hydrogens (tertiary/aromatic N) is 3. The molecule has 0 saturated heterocycles. The Morgan fingerprint density at radius 1 is 1.22 bits per heavy atom. The lowest BCUT2D eigenvalue weighted by molar-refractivity contribution is -0.127. The van der Waals surface area contributed by atoms with E-state index in [1.807, 2.05) is 44.2 Å². The second-order valence-electron chi connectivity index (χ2n) is 8.58. The molecular formula is C25H35N6O4S+. The molecule has 0 radical (unpaired) electrons. The highest BCUT2D eigenvalue weighted by Crippen LogP contribution is 2.17. The van der Waals surface area contributed by atoms with Crippen LogP contribution in [0, 0.1) is 5.41 Å². The number of amides is 1. The Kier molecular flexibility index (Phi) is 11.3. The van der Waals surface area contributed by atoms with Gasteiger partial charge in [0.05, 0.1) is 35.4 Å². The fourth-order valence-electron chi connectivity index (χ4n) is 3.30. The van der Waals surface area contributed by atoms with Crippen LogP contribution >= 0.6 is 11.8 Å². The number of carbonyl (C=O) groups is 2. The minimum atomic E-state index is -0.822. The maximum atomic E-state index is 13.2. The molecule has 1 unspecified atom stereocenters. The summed E-state index contributed by atoms with van der Waals surface area (Å²) in [5, 5.41) is 23.7. The first-order valence-corrected chi connectivity index (χ1v) is 12.9. The van der Waals surface area contributed by atoms with Crippen LogP contribution in [0.3, 0.4) is 0 Å². The quantitative estimate of drug-likeness (QED) is 0.200. The van der Waals surface area contributed by atoms with Crippen LogP contribution in [-0.2, 0) is 15.3 Å². The van der Waals surface area contributed by atoms with Crippen molar-refractivity contribution in [3.8, 4) is 0 Å². The van der Waals surface area contributed by atoms with E-state index in [1.54, 1.807) is 13.1 Å². The monoisotopic (exact) mass is 515 g/mol. The minimum absolute atomic E-state index is 0.0131. The van der Waals surface area contributed by atoms with Crippen LogP contribution in [0.15, 0.2) is 46.5 Å². The molecule has 0 spiro atoms. The Morgan fingerprint density at radius 3 is 2.50 bits per heavy atom. The molecule has 1 amide bonds. The first-order valence-electron chi connectivity index (χ1n) is 11.7. The molecule has 36 heavy (non-hydrogen) atoms. The topological polar surface area (TPSA) is 152 Å². The number of ketones is 1. The van der Waals surface area contributed by atoms with Gasteiger partial charge in [-0.15, -0.1) is 11.8 Å². The van der Waals surface area contributed by atoms with E-state index in [1.165, 1.54) is 23.3 Å². The third-order valence-corrected chi connectivity index (χ3v) is 6.46. The summed E-state index contributed by atoms with van der Waals surface area (Å²) in [7, 11) is 0. The Labute approximate surface area is 215 Å². The largest absolute Gasteiger partial charge is 0.469 e. The number of hydrogen-bond acceptors (Lipinski definition) is 8. The number of benzene rings is 1. The van der Waals surface area contributed by atoms with Gasteiger partial charge in [-0.05, 0) is 24.8 Å². The molecule has 0 bridgehead atoms. The van der Waals surface area contributed by atoms with Gasteiger partial charge in [-0.25, -0.2) is 4.98 Å². The molecule has 0 aliphatic heterocycles. The zero-order valence-electron chi connectivity index (χ0n) is 21.1. The van der Waals surface area contributed by atoms with Crippen LogP contribution in [0.25, 0.3) is 0 Å². The van der Waals surface area contributed by atoms with Crippen molar-refractivity contribution in [3.63, 3.8) is 0 Å². The van der Waals surface area contributed by atoms with Crippen molar-refractivity contribution in [2.75, 3.05) is 24.2 Å².